The molecule has 16 heavy (non-hydrogen) atoms. The molecule has 0 spiro atoms. The van der Waals surface area contributed by atoms with Gasteiger partial charge in [-0.05, 0) is 11.1 Å². The fourth-order valence-electron chi connectivity index (χ4n) is 1.31. The molecule has 1 aromatic carbocycles. The highest BCUT2D eigenvalue weighted by molar-refractivity contribution is 5.79. The van der Waals surface area contributed by atoms with E-state index >= 15 is 0 Å². The van der Waals surface area contributed by atoms with Crippen molar-refractivity contribution in [3.05, 3.63) is 35.4 Å². The molecule has 0 saturated heterocycles. The van der Waals surface area contributed by atoms with Crippen LogP contribution in [0.3, 0.4) is 0 Å². The summed E-state index contributed by atoms with van der Waals surface area (Å²) in [4.78, 5) is 10.7. The van der Waals surface area contributed by atoms with Crippen molar-refractivity contribution in [2.24, 2.45) is 11.5 Å². The Morgan fingerprint density at radius 2 is 2.12 bits per heavy atom. The molecule has 0 aromatic heterocycles. The first-order valence-electron chi connectivity index (χ1n) is 5.07. The number of nitrogens with two attached hydrogens (primary N) is 2. The van der Waals surface area contributed by atoms with Crippen LogP contribution in [-0.2, 0) is 17.9 Å². The number of benzene rings is 1. The Morgan fingerprint density at radius 3 is 2.75 bits per heavy atom. The van der Waals surface area contributed by atoms with Crippen LogP contribution in [0.5, 0.6) is 0 Å². The van der Waals surface area contributed by atoms with Crippen molar-refractivity contribution in [1.82, 2.24) is 5.32 Å². The maximum atomic E-state index is 10.7. The number of nitrogens with one attached hydrogen (secondary N) is 1. The molecule has 0 aliphatic rings. The number of aliphatic hydroxyl groups is 1. The average Bonchev–Trinajstić information content (AvgIpc) is 2.29. The second-order valence-corrected chi connectivity index (χ2v) is 3.62. The minimum Gasteiger partial charge on any atom is -0.392 e. The van der Waals surface area contributed by atoms with Gasteiger partial charge in [0.1, 0.15) is 0 Å². The molecular weight excluding hydrogens is 206 g/mol. The lowest BCUT2D eigenvalue weighted by Gasteiger charge is -2.09. The average molecular weight is 223 g/mol. The summed E-state index contributed by atoms with van der Waals surface area (Å²) in [7, 11) is 0. The first-order chi connectivity index (χ1) is 7.63. The summed E-state index contributed by atoms with van der Waals surface area (Å²) in [5, 5.41) is 12.0. The zero-order valence-electron chi connectivity index (χ0n) is 9.02. The Morgan fingerprint density at radius 1 is 1.44 bits per heavy atom. The van der Waals surface area contributed by atoms with Crippen molar-refractivity contribution < 1.29 is 9.90 Å². The van der Waals surface area contributed by atoms with E-state index in [2.05, 4.69) is 5.32 Å². The molecule has 1 amide bonds. The minimum atomic E-state index is -0.666. The number of rotatable bonds is 6. The van der Waals surface area contributed by atoms with Crippen LogP contribution in [0.4, 0.5) is 0 Å². The molecule has 1 rings (SSSR count). The number of hydrogen-bond acceptors (Lipinski definition) is 4. The highest BCUT2D eigenvalue weighted by Gasteiger charge is 2.07. The smallest absolute Gasteiger partial charge is 0.235 e. The molecule has 0 saturated carbocycles. The van der Waals surface area contributed by atoms with Crippen LogP contribution in [0.15, 0.2) is 24.3 Å². The summed E-state index contributed by atoms with van der Waals surface area (Å²) in [5.41, 5.74) is 12.4. The summed E-state index contributed by atoms with van der Waals surface area (Å²) in [5.74, 6) is -0.517. The molecule has 0 heterocycles. The van der Waals surface area contributed by atoms with Gasteiger partial charge in [-0.15, -0.1) is 0 Å². The van der Waals surface area contributed by atoms with Crippen molar-refractivity contribution in [2.45, 2.75) is 19.2 Å². The number of carbonyl (C=O) groups is 1. The molecule has 0 radical (unpaired) electrons. The molecule has 5 heteroatoms. The van der Waals surface area contributed by atoms with E-state index in [0.29, 0.717) is 13.1 Å². The Bertz CT molecular complexity index is 355. The van der Waals surface area contributed by atoms with E-state index in [0.717, 1.165) is 11.1 Å². The van der Waals surface area contributed by atoms with Crippen molar-refractivity contribution in [2.75, 3.05) is 6.54 Å². The van der Waals surface area contributed by atoms with E-state index < -0.39 is 11.9 Å². The Balaban J connectivity index is 2.39. The normalized spacial score (nSPS) is 12.4. The highest BCUT2D eigenvalue weighted by Crippen LogP contribution is 2.04. The summed E-state index contributed by atoms with van der Waals surface area (Å²) < 4.78 is 0. The van der Waals surface area contributed by atoms with Gasteiger partial charge >= 0.3 is 0 Å². The molecular formula is C11H17N3O2. The van der Waals surface area contributed by atoms with E-state index in [4.69, 9.17) is 16.6 Å². The first-order valence-corrected chi connectivity index (χ1v) is 5.07. The Kier molecular flexibility index (Phi) is 4.91. The van der Waals surface area contributed by atoms with E-state index in [9.17, 15) is 4.79 Å². The van der Waals surface area contributed by atoms with E-state index in [1.165, 1.54) is 0 Å². The largest absolute Gasteiger partial charge is 0.392 e. The highest BCUT2D eigenvalue weighted by atomic mass is 16.3. The van der Waals surface area contributed by atoms with Crippen LogP contribution >= 0.6 is 0 Å². The van der Waals surface area contributed by atoms with E-state index in [1.54, 1.807) is 0 Å². The lowest BCUT2D eigenvalue weighted by Crippen LogP contribution is -2.44. The molecule has 0 aliphatic carbocycles. The predicted octanol–water partition coefficient (Wildman–Crippen LogP) is -0.919. The molecule has 1 unspecified atom stereocenters. The molecule has 1 atom stereocenters. The van der Waals surface area contributed by atoms with Gasteiger partial charge in [0.15, 0.2) is 0 Å². The third kappa shape index (κ3) is 3.98. The van der Waals surface area contributed by atoms with Crippen molar-refractivity contribution >= 4 is 5.91 Å². The van der Waals surface area contributed by atoms with Crippen LogP contribution in [0.2, 0.25) is 0 Å². The minimum absolute atomic E-state index is 0.0225. The molecule has 0 fully saturated rings. The van der Waals surface area contributed by atoms with E-state index in [1.807, 2.05) is 24.3 Å². The molecule has 6 N–H and O–H groups in total. The van der Waals surface area contributed by atoms with Crippen molar-refractivity contribution in [1.29, 1.82) is 0 Å². The number of amides is 1. The zero-order valence-corrected chi connectivity index (χ0v) is 9.02. The standard InChI is InChI=1S/C11H17N3O2/c12-10(11(13)16)6-14-5-8-2-1-3-9(4-8)7-15/h1-4,10,14-15H,5-7,12H2,(H2,13,16). The van der Waals surface area contributed by atoms with Gasteiger partial charge in [0, 0.05) is 13.1 Å². The molecule has 5 nitrogen and oxygen atoms in total. The third-order valence-electron chi connectivity index (χ3n) is 2.23. The molecule has 0 bridgehead atoms. The summed E-state index contributed by atoms with van der Waals surface area (Å²) in [6, 6.07) is 6.88. The quantitative estimate of drug-likeness (QED) is 0.501. The van der Waals surface area contributed by atoms with Crippen LogP contribution in [0.1, 0.15) is 11.1 Å². The maximum absolute atomic E-state index is 10.7. The van der Waals surface area contributed by atoms with Gasteiger partial charge in [-0.2, -0.15) is 0 Å². The summed E-state index contributed by atoms with van der Waals surface area (Å²) in [6.07, 6.45) is 0. The van der Waals surface area contributed by atoms with Crippen molar-refractivity contribution in [3.63, 3.8) is 0 Å². The van der Waals surface area contributed by atoms with Gasteiger partial charge in [0.2, 0.25) is 5.91 Å². The van der Waals surface area contributed by atoms with Gasteiger partial charge in [-0.3, -0.25) is 4.79 Å². The first kappa shape index (κ1) is 12.6. The topological polar surface area (TPSA) is 101 Å². The third-order valence-corrected chi connectivity index (χ3v) is 2.23. The second-order valence-electron chi connectivity index (χ2n) is 3.62. The molecule has 88 valence electrons. The fourth-order valence-corrected chi connectivity index (χ4v) is 1.31. The van der Waals surface area contributed by atoms with Gasteiger partial charge in [0.25, 0.3) is 0 Å². The van der Waals surface area contributed by atoms with Gasteiger partial charge < -0.3 is 21.9 Å². The van der Waals surface area contributed by atoms with E-state index in [-0.39, 0.29) is 6.61 Å². The van der Waals surface area contributed by atoms with Gasteiger partial charge in [0.05, 0.1) is 12.6 Å². The van der Waals surface area contributed by atoms with Crippen LogP contribution < -0.4 is 16.8 Å². The van der Waals surface area contributed by atoms with Gasteiger partial charge in [-0.1, -0.05) is 24.3 Å². The number of carbonyl (C=O) groups excluding carboxylic acids is 1. The molecule has 1 aromatic rings. The lowest BCUT2D eigenvalue weighted by molar-refractivity contribution is -0.119. The number of hydrogen-bond donors (Lipinski definition) is 4. The lowest BCUT2D eigenvalue weighted by atomic mass is 10.1. The Hall–Kier alpha value is -1.43. The number of primary amides is 1. The molecule has 0 aliphatic heterocycles. The van der Waals surface area contributed by atoms with Gasteiger partial charge in [-0.25, -0.2) is 0 Å². The van der Waals surface area contributed by atoms with Crippen LogP contribution in [0.25, 0.3) is 0 Å². The Labute approximate surface area is 94.4 Å². The summed E-state index contributed by atoms with van der Waals surface area (Å²) in [6.45, 7) is 0.960. The maximum Gasteiger partial charge on any atom is 0.235 e. The monoisotopic (exact) mass is 223 g/mol. The summed E-state index contributed by atoms with van der Waals surface area (Å²) >= 11 is 0. The zero-order chi connectivity index (χ0) is 12.0. The fraction of sp³-hybridized carbons (Fsp3) is 0.364. The van der Waals surface area contributed by atoms with Crippen LogP contribution in [-0.4, -0.2) is 23.6 Å². The SMILES string of the molecule is NC(=O)C(N)CNCc1cccc(CO)c1. The predicted molar refractivity (Wildman–Crippen MR) is 61.2 cm³/mol. The van der Waals surface area contributed by atoms with Crippen LogP contribution in [0, 0.1) is 0 Å². The number of aliphatic hydroxyl groups excluding tert-OH is 1. The van der Waals surface area contributed by atoms with Crippen molar-refractivity contribution in [3.8, 4) is 0 Å². The second kappa shape index (κ2) is 6.22.